The lowest BCUT2D eigenvalue weighted by Gasteiger charge is -2.28. The topological polar surface area (TPSA) is 111 Å². The molecule has 0 bridgehead atoms. The number of fused-ring (bicyclic) bond motifs is 1. The van der Waals surface area contributed by atoms with Crippen LogP contribution in [0.4, 0.5) is 5.69 Å². The van der Waals surface area contributed by atoms with Gasteiger partial charge in [0, 0.05) is 40.8 Å². The number of sulfonamides is 1. The van der Waals surface area contributed by atoms with E-state index in [1.165, 1.54) is 28.0 Å². The van der Waals surface area contributed by atoms with E-state index in [4.69, 9.17) is 33.7 Å². The summed E-state index contributed by atoms with van der Waals surface area (Å²) in [5, 5.41) is 0.918. The number of nitrogens with zero attached hydrogens (tertiary/aromatic N) is 4. The van der Waals surface area contributed by atoms with E-state index < -0.39 is 10.0 Å². The number of nitrogen functional groups attached to an aromatic ring is 1. The molecule has 3 heterocycles. The van der Waals surface area contributed by atoms with Crippen molar-refractivity contribution in [3.8, 4) is 11.3 Å². The Bertz CT molecular complexity index is 1470. The average molecular weight is 536 g/mol. The first kappa shape index (κ1) is 23.4. The molecule has 176 valence electrons. The van der Waals surface area contributed by atoms with E-state index in [-0.39, 0.29) is 24.4 Å². The van der Waals surface area contributed by atoms with Crippen LogP contribution < -0.4 is 5.73 Å². The number of aromatic nitrogens is 3. The molecule has 0 aliphatic carbocycles. The predicted molar refractivity (Wildman–Crippen MR) is 134 cm³/mol. The molecule has 0 amide bonds. The Morgan fingerprint density at radius 3 is 2.50 bits per heavy atom. The molecule has 1 fully saturated rings. The summed E-state index contributed by atoms with van der Waals surface area (Å²) in [6.07, 6.45) is 1.61. The van der Waals surface area contributed by atoms with Gasteiger partial charge in [0.2, 0.25) is 10.0 Å². The summed E-state index contributed by atoms with van der Waals surface area (Å²) in [6, 6.07) is 8.33. The van der Waals surface area contributed by atoms with E-state index in [1.807, 2.05) is 0 Å². The molecule has 1 aliphatic heterocycles. The number of rotatable bonds is 5. The number of thiazole rings is 1. The molecule has 5 rings (SSSR count). The third-order valence-corrected chi connectivity index (χ3v) is 9.07. The fraction of sp³-hybridized carbons (Fsp3) is 0.227. The molecule has 34 heavy (non-hydrogen) atoms. The quantitative estimate of drug-likeness (QED) is 0.380. The summed E-state index contributed by atoms with van der Waals surface area (Å²) in [5.41, 5.74) is 11.0. The number of anilines is 1. The summed E-state index contributed by atoms with van der Waals surface area (Å²) >= 11 is 14.3. The van der Waals surface area contributed by atoms with Gasteiger partial charge in [-0.15, -0.1) is 11.3 Å². The molecule has 1 aliphatic rings. The maximum atomic E-state index is 13.8. The number of morpholine rings is 1. The van der Waals surface area contributed by atoms with Gasteiger partial charge in [-0.1, -0.05) is 29.3 Å². The summed E-state index contributed by atoms with van der Waals surface area (Å²) in [7, 11) is -3.90. The monoisotopic (exact) mass is 535 g/mol. The molecule has 8 nitrogen and oxygen atoms in total. The average Bonchev–Trinajstić information content (AvgIpc) is 3.32. The summed E-state index contributed by atoms with van der Waals surface area (Å²) in [6.45, 7) is 1.17. The molecule has 2 aromatic carbocycles. The Kier molecular flexibility index (Phi) is 6.45. The van der Waals surface area contributed by atoms with Crippen LogP contribution in [0.25, 0.3) is 21.6 Å². The highest BCUT2D eigenvalue weighted by molar-refractivity contribution is 7.89. The van der Waals surface area contributed by atoms with Crippen LogP contribution in [0.1, 0.15) is 11.1 Å². The Balaban J connectivity index is 1.80. The molecular weight excluding hydrogens is 517 g/mol. The van der Waals surface area contributed by atoms with Crippen molar-refractivity contribution in [3.05, 3.63) is 63.3 Å². The van der Waals surface area contributed by atoms with Crippen LogP contribution in [0, 0.1) is 0 Å². The maximum absolute atomic E-state index is 13.8. The smallest absolute Gasteiger partial charge is 0.243 e. The lowest BCUT2D eigenvalue weighted by molar-refractivity contribution is 0.0730. The van der Waals surface area contributed by atoms with Gasteiger partial charge in [0.1, 0.15) is 22.4 Å². The molecule has 0 unspecified atom stereocenters. The van der Waals surface area contributed by atoms with Crippen LogP contribution >= 0.6 is 34.5 Å². The van der Waals surface area contributed by atoms with E-state index in [9.17, 15) is 8.42 Å². The minimum absolute atomic E-state index is 0.0924. The van der Waals surface area contributed by atoms with Crippen molar-refractivity contribution in [2.24, 2.45) is 0 Å². The Morgan fingerprint density at radius 1 is 1.03 bits per heavy atom. The number of halogens is 2. The molecule has 0 atom stereocenters. The highest BCUT2D eigenvalue weighted by Gasteiger charge is 2.32. The third-order valence-electron chi connectivity index (χ3n) is 5.69. The normalized spacial score (nSPS) is 15.1. The van der Waals surface area contributed by atoms with E-state index in [2.05, 4.69) is 15.0 Å². The van der Waals surface area contributed by atoms with Crippen LogP contribution in [0.2, 0.25) is 10.0 Å². The minimum atomic E-state index is -3.90. The van der Waals surface area contributed by atoms with E-state index in [0.29, 0.717) is 61.7 Å². The fourth-order valence-electron chi connectivity index (χ4n) is 3.99. The van der Waals surface area contributed by atoms with E-state index in [0.717, 1.165) is 0 Å². The largest absolute Gasteiger partial charge is 0.398 e. The van der Waals surface area contributed by atoms with Gasteiger partial charge < -0.3 is 10.5 Å². The number of nitrogens with two attached hydrogens (primary N) is 1. The zero-order valence-electron chi connectivity index (χ0n) is 17.7. The second-order valence-electron chi connectivity index (χ2n) is 7.63. The summed E-state index contributed by atoms with van der Waals surface area (Å²) in [5.74, 6) is 0. The Hall–Kier alpha value is -2.34. The molecule has 2 N–H and O–H groups in total. The molecule has 12 heteroatoms. The van der Waals surface area contributed by atoms with Crippen molar-refractivity contribution < 1.29 is 13.2 Å². The summed E-state index contributed by atoms with van der Waals surface area (Å²) < 4.78 is 34.4. The number of benzene rings is 2. The first-order chi connectivity index (χ1) is 16.4. The van der Waals surface area contributed by atoms with Gasteiger partial charge >= 0.3 is 0 Å². The zero-order valence-corrected chi connectivity index (χ0v) is 20.9. The Morgan fingerprint density at radius 2 is 1.76 bits per heavy atom. The van der Waals surface area contributed by atoms with Crippen molar-refractivity contribution in [2.75, 3.05) is 32.0 Å². The van der Waals surface area contributed by atoms with Crippen molar-refractivity contribution in [1.82, 2.24) is 19.3 Å². The predicted octanol–water partition coefficient (Wildman–Crippen LogP) is 4.25. The van der Waals surface area contributed by atoms with E-state index >= 15 is 0 Å². The van der Waals surface area contributed by atoms with E-state index in [1.54, 1.807) is 29.8 Å². The first-order valence-electron chi connectivity index (χ1n) is 10.3. The molecule has 0 radical (unpaired) electrons. The third kappa shape index (κ3) is 4.15. The van der Waals surface area contributed by atoms with Crippen LogP contribution in [0.15, 0.2) is 47.1 Å². The van der Waals surface area contributed by atoms with Crippen LogP contribution in [0.3, 0.4) is 0 Å². The lowest BCUT2D eigenvalue weighted by atomic mass is 9.95. The minimum Gasteiger partial charge on any atom is -0.398 e. The van der Waals surface area contributed by atoms with Crippen LogP contribution in [-0.2, 0) is 21.2 Å². The molecule has 2 aromatic heterocycles. The highest BCUT2D eigenvalue weighted by atomic mass is 35.5. The van der Waals surface area contributed by atoms with Gasteiger partial charge in [0.15, 0.2) is 0 Å². The van der Waals surface area contributed by atoms with Crippen molar-refractivity contribution in [1.29, 1.82) is 0 Å². The zero-order chi connectivity index (χ0) is 23.9. The van der Waals surface area contributed by atoms with Gasteiger partial charge in [-0.2, -0.15) is 4.31 Å². The van der Waals surface area contributed by atoms with Crippen LogP contribution in [-0.4, -0.2) is 54.0 Å². The molecule has 0 spiro atoms. The maximum Gasteiger partial charge on any atom is 0.243 e. The fourth-order valence-corrected chi connectivity index (χ4v) is 6.77. The van der Waals surface area contributed by atoms with Gasteiger partial charge in [-0.3, -0.25) is 0 Å². The van der Waals surface area contributed by atoms with Gasteiger partial charge in [0.25, 0.3) is 0 Å². The number of hydrogen-bond acceptors (Lipinski definition) is 8. The molecule has 4 aromatic rings. The van der Waals surface area contributed by atoms with Gasteiger partial charge in [-0.05, 0) is 35.4 Å². The second-order valence-corrected chi connectivity index (χ2v) is 11.2. The first-order valence-corrected chi connectivity index (χ1v) is 13.4. The van der Waals surface area contributed by atoms with Crippen LogP contribution in [0.5, 0.6) is 0 Å². The molecule has 0 saturated carbocycles. The summed E-state index contributed by atoms with van der Waals surface area (Å²) in [4.78, 5) is 13.9. The molecule has 1 saturated heterocycles. The molecular formula is C22H19Cl2N5O3S2. The highest BCUT2D eigenvalue weighted by Crippen LogP contribution is 2.40. The number of hydrogen-bond donors (Lipinski definition) is 1. The van der Waals surface area contributed by atoms with Crippen molar-refractivity contribution in [3.63, 3.8) is 0 Å². The standard InChI is InChI=1S/C22H19Cl2N5O3S2/c23-15-2-1-3-16(24)13(15)10-14-17(25)4-5-18(34(30,31)29-6-8-32-9-7-29)19(14)20-21-22(27-11-26-20)33-12-28-21/h1-5,11-12H,6-10,25H2. The van der Waals surface area contributed by atoms with Gasteiger partial charge in [0.05, 0.1) is 23.6 Å². The second kappa shape index (κ2) is 9.37. The Labute approximate surface area is 210 Å². The lowest BCUT2D eigenvalue weighted by Crippen LogP contribution is -2.40. The SMILES string of the molecule is Nc1ccc(S(=O)(=O)N2CCOCC2)c(-c2ncnc3scnc23)c1Cc1c(Cl)cccc1Cl. The van der Waals surface area contributed by atoms with Crippen molar-refractivity contribution in [2.45, 2.75) is 11.3 Å². The van der Waals surface area contributed by atoms with Gasteiger partial charge in [-0.25, -0.2) is 23.4 Å². The van der Waals surface area contributed by atoms with Crippen molar-refractivity contribution >= 4 is 60.6 Å². The number of ether oxygens (including phenoxy) is 1.